The fraction of sp³-hybridized carbons (Fsp3) is 0.263. The number of carbonyl (C=O) groups excluding carboxylic acids is 1. The van der Waals surface area contributed by atoms with Crippen LogP contribution in [0.3, 0.4) is 0 Å². The first-order valence-corrected chi connectivity index (χ1v) is 8.28. The van der Waals surface area contributed by atoms with Gasteiger partial charge in [-0.3, -0.25) is 10.4 Å². The first-order valence-electron chi connectivity index (χ1n) is 8.28. The van der Waals surface area contributed by atoms with Gasteiger partial charge < -0.3 is 14.7 Å². The van der Waals surface area contributed by atoms with Crippen molar-refractivity contribution in [3.63, 3.8) is 0 Å². The zero-order valence-corrected chi connectivity index (χ0v) is 15.3. The molecule has 0 spiro atoms. The van der Waals surface area contributed by atoms with Gasteiger partial charge in [-0.05, 0) is 41.8 Å². The van der Waals surface area contributed by atoms with E-state index >= 15 is 0 Å². The number of ether oxygens (including phenoxy) is 1. The number of phenols is 1. The summed E-state index contributed by atoms with van der Waals surface area (Å²) in [5, 5.41) is 17.8. The van der Waals surface area contributed by atoms with Gasteiger partial charge in [-0.25, -0.2) is 9.79 Å². The van der Waals surface area contributed by atoms with Crippen LogP contribution in [0.15, 0.2) is 47.7 Å². The van der Waals surface area contributed by atoms with Crippen molar-refractivity contribution in [2.45, 2.75) is 19.9 Å². The van der Waals surface area contributed by atoms with Gasteiger partial charge in [0.2, 0.25) is 0 Å². The molecule has 1 aromatic carbocycles. The number of rotatable bonds is 7. The number of benzene rings is 1. The normalized spacial score (nSPS) is 12.1. The number of phenolic OH excluding ortho intramolecular Hbond substituents is 1. The number of amidine groups is 1. The minimum atomic E-state index is -0.596. The Morgan fingerprint density at radius 1 is 1.37 bits per heavy atom. The smallest absolute Gasteiger partial charge is 0.358 e. The van der Waals surface area contributed by atoms with E-state index in [9.17, 15) is 9.90 Å². The van der Waals surface area contributed by atoms with Crippen LogP contribution in [0, 0.1) is 11.3 Å². The van der Waals surface area contributed by atoms with E-state index in [1.165, 1.54) is 25.6 Å². The summed E-state index contributed by atoms with van der Waals surface area (Å²) >= 11 is 0. The van der Waals surface area contributed by atoms with Gasteiger partial charge in [0.05, 0.1) is 12.7 Å². The van der Waals surface area contributed by atoms with E-state index in [1.54, 1.807) is 30.5 Å². The highest BCUT2D eigenvalue weighted by Crippen LogP contribution is 2.25. The van der Waals surface area contributed by atoms with Crippen LogP contribution in [0.2, 0.25) is 0 Å². The summed E-state index contributed by atoms with van der Waals surface area (Å²) in [6.07, 6.45) is 4.43. The molecule has 2 rings (SSSR count). The molecule has 27 heavy (non-hydrogen) atoms. The minimum Gasteiger partial charge on any atom is -0.504 e. The summed E-state index contributed by atoms with van der Waals surface area (Å²) in [7, 11) is 1.45. The van der Waals surface area contributed by atoms with Crippen molar-refractivity contribution in [1.29, 1.82) is 5.41 Å². The van der Waals surface area contributed by atoms with Crippen LogP contribution in [-0.2, 0) is 4.84 Å². The first-order chi connectivity index (χ1) is 12.9. The second kappa shape index (κ2) is 9.44. The van der Waals surface area contributed by atoms with Crippen LogP contribution in [0.1, 0.15) is 29.8 Å². The lowest BCUT2D eigenvalue weighted by Gasteiger charge is -2.20. The number of hydroxylamine groups is 1. The number of hydrogen-bond acceptors (Lipinski definition) is 7. The Morgan fingerprint density at radius 2 is 2.15 bits per heavy atom. The van der Waals surface area contributed by atoms with Crippen molar-refractivity contribution in [3.05, 3.63) is 53.9 Å². The SMILES string of the molecule is COc1cc(C=NC(=N)[C@@H](NOC(=O)c2cccnc2)C(C)C)ccc1O. The molecule has 0 aliphatic carbocycles. The summed E-state index contributed by atoms with van der Waals surface area (Å²) in [4.78, 5) is 25.1. The highest BCUT2D eigenvalue weighted by atomic mass is 16.7. The number of methoxy groups -OCH3 is 1. The number of aromatic hydroxyl groups is 1. The maximum absolute atomic E-state index is 12.0. The molecule has 0 saturated heterocycles. The van der Waals surface area contributed by atoms with E-state index in [1.807, 2.05) is 13.8 Å². The summed E-state index contributed by atoms with van der Waals surface area (Å²) in [6, 6.07) is 7.36. The van der Waals surface area contributed by atoms with Gasteiger partial charge in [-0.2, -0.15) is 0 Å². The summed E-state index contributed by atoms with van der Waals surface area (Å²) < 4.78 is 5.04. The molecule has 0 saturated carbocycles. The van der Waals surface area contributed by atoms with Crippen LogP contribution in [0.4, 0.5) is 0 Å². The van der Waals surface area contributed by atoms with E-state index in [0.29, 0.717) is 16.9 Å². The molecular weight excluding hydrogens is 348 g/mol. The van der Waals surface area contributed by atoms with Crippen LogP contribution in [-0.4, -0.2) is 41.3 Å². The van der Waals surface area contributed by atoms with Gasteiger partial charge in [-0.15, -0.1) is 5.48 Å². The molecular formula is C19H22N4O4. The third kappa shape index (κ3) is 5.61. The van der Waals surface area contributed by atoms with Crippen LogP contribution in [0.25, 0.3) is 0 Å². The maximum atomic E-state index is 12.0. The molecule has 8 heteroatoms. The molecule has 0 aliphatic rings. The number of aromatic nitrogens is 1. The van der Waals surface area contributed by atoms with E-state index in [4.69, 9.17) is 15.0 Å². The Morgan fingerprint density at radius 3 is 2.78 bits per heavy atom. The minimum absolute atomic E-state index is 0.00368. The zero-order chi connectivity index (χ0) is 19.8. The van der Waals surface area contributed by atoms with E-state index < -0.39 is 12.0 Å². The Kier molecular flexibility index (Phi) is 7.01. The molecule has 0 radical (unpaired) electrons. The molecule has 1 heterocycles. The van der Waals surface area contributed by atoms with Crippen molar-refractivity contribution in [2.24, 2.45) is 10.9 Å². The number of nitrogens with one attached hydrogen (secondary N) is 2. The first kappa shape index (κ1) is 20.1. The topological polar surface area (TPSA) is 117 Å². The number of pyridine rings is 1. The summed E-state index contributed by atoms with van der Waals surface area (Å²) in [5.74, 6) is -0.307. The predicted octanol–water partition coefficient (Wildman–Crippen LogP) is 2.58. The molecule has 0 amide bonds. The molecule has 1 aromatic heterocycles. The van der Waals surface area contributed by atoms with E-state index in [2.05, 4.69) is 15.5 Å². The van der Waals surface area contributed by atoms with Gasteiger partial charge in [0.25, 0.3) is 0 Å². The number of carbonyl (C=O) groups is 1. The van der Waals surface area contributed by atoms with Gasteiger partial charge in [-0.1, -0.05) is 13.8 Å². The fourth-order valence-electron chi connectivity index (χ4n) is 2.17. The summed E-state index contributed by atoms with van der Waals surface area (Å²) in [6.45, 7) is 3.76. The quantitative estimate of drug-likeness (QED) is 0.392. The van der Waals surface area contributed by atoms with Crippen molar-refractivity contribution in [1.82, 2.24) is 10.5 Å². The van der Waals surface area contributed by atoms with Crippen LogP contribution < -0.4 is 10.2 Å². The highest BCUT2D eigenvalue weighted by molar-refractivity contribution is 5.96. The Bertz CT molecular complexity index is 822. The maximum Gasteiger partial charge on any atom is 0.358 e. The Hall–Kier alpha value is -3.26. The molecule has 0 bridgehead atoms. The number of nitrogens with zero attached hydrogens (tertiary/aromatic N) is 2. The fourth-order valence-corrected chi connectivity index (χ4v) is 2.17. The average molecular weight is 370 g/mol. The molecule has 0 aliphatic heterocycles. The molecule has 0 fully saturated rings. The number of hydrogen-bond donors (Lipinski definition) is 3. The van der Waals surface area contributed by atoms with E-state index in [-0.39, 0.29) is 17.5 Å². The lowest BCUT2D eigenvalue weighted by Crippen LogP contribution is -2.41. The second-order valence-electron chi connectivity index (χ2n) is 6.05. The number of aliphatic imine (C=N–C) groups is 1. The standard InChI is InChI=1S/C19H22N4O4/c1-12(2)17(23-27-19(25)14-5-4-8-21-11-14)18(20)22-10-13-6-7-15(24)16(9-13)26-3/h4-12,17,20,23-24H,1-3H3/t17-/m0/s1. The van der Waals surface area contributed by atoms with Gasteiger partial charge >= 0.3 is 5.97 Å². The monoisotopic (exact) mass is 370 g/mol. The van der Waals surface area contributed by atoms with Crippen molar-refractivity contribution < 1.29 is 19.5 Å². The van der Waals surface area contributed by atoms with Gasteiger partial charge in [0, 0.05) is 18.6 Å². The summed E-state index contributed by atoms with van der Waals surface area (Å²) in [5.41, 5.74) is 3.57. The largest absolute Gasteiger partial charge is 0.504 e. The Balaban J connectivity index is 2.03. The molecule has 1 atom stereocenters. The Labute approximate surface area is 157 Å². The second-order valence-corrected chi connectivity index (χ2v) is 6.05. The van der Waals surface area contributed by atoms with Crippen molar-refractivity contribution >= 4 is 18.0 Å². The molecule has 2 aromatic rings. The molecule has 8 nitrogen and oxygen atoms in total. The third-order valence-corrected chi connectivity index (χ3v) is 3.69. The van der Waals surface area contributed by atoms with Crippen molar-refractivity contribution in [3.8, 4) is 11.5 Å². The molecule has 142 valence electrons. The lowest BCUT2D eigenvalue weighted by molar-refractivity contribution is 0.0176. The molecule has 0 unspecified atom stereocenters. The van der Waals surface area contributed by atoms with E-state index in [0.717, 1.165) is 0 Å². The highest BCUT2D eigenvalue weighted by Gasteiger charge is 2.20. The third-order valence-electron chi connectivity index (χ3n) is 3.69. The molecule has 3 N–H and O–H groups in total. The van der Waals surface area contributed by atoms with Gasteiger partial charge in [0.1, 0.15) is 11.9 Å². The van der Waals surface area contributed by atoms with Crippen molar-refractivity contribution in [2.75, 3.05) is 7.11 Å². The predicted molar refractivity (Wildman–Crippen MR) is 101 cm³/mol. The van der Waals surface area contributed by atoms with Crippen LogP contribution >= 0.6 is 0 Å². The van der Waals surface area contributed by atoms with Gasteiger partial charge in [0.15, 0.2) is 11.5 Å². The average Bonchev–Trinajstić information content (AvgIpc) is 2.67. The zero-order valence-electron chi connectivity index (χ0n) is 15.3. The van der Waals surface area contributed by atoms with Crippen LogP contribution in [0.5, 0.6) is 11.5 Å². The lowest BCUT2D eigenvalue weighted by atomic mass is 10.0.